The zero-order valence-corrected chi connectivity index (χ0v) is 11.8. The van der Waals surface area contributed by atoms with Crippen molar-refractivity contribution in [3.05, 3.63) is 17.7 Å². The molecule has 0 atom stereocenters. The van der Waals surface area contributed by atoms with Crippen molar-refractivity contribution in [2.24, 2.45) is 0 Å². The fraction of sp³-hybridized carbons (Fsp3) is 0.643. The number of ether oxygens (including phenoxy) is 2. The highest BCUT2D eigenvalue weighted by Crippen LogP contribution is 2.25. The van der Waals surface area contributed by atoms with Gasteiger partial charge in [-0.25, -0.2) is 4.98 Å². The molecule has 110 valence electrons. The van der Waals surface area contributed by atoms with Gasteiger partial charge in [-0.15, -0.1) is 0 Å². The molecular weight excluding hydrogens is 258 g/mol. The Morgan fingerprint density at radius 2 is 2.05 bits per heavy atom. The number of aromatic nitrogens is 1. The van der Waals surface area contributed by atoms with E-state index in [1.54, 1.807) is 0 Å². The molecule has 0 saturated carbocycles. The smallest absolute Gasteiger partial charge is 0.131 e. The van der Waals surface area contributed by atoms with E-state index in [-0.39, 0.29) is 12.1 Å². The largest absolute Gasteiger partial charge is 0.394 e. The van der Waals surface area contributed by atoms with Gasteiger partial charge in [0.05, 0.1) is 33.0 Å². The van der Waals surface area contributed by atoms with Crippen molar-refractivity contribution in [3.8, 4) is 0 Å². The van der Waals surface area contributed by atoms with Crippen LogP contribution in [0.25, 0.3) is 0 Å². The highest BCUT2D eigenvalue weighted by molar-refractivity contribution is 5.52. The Labute approximate surface area is 118 Å². The standard InChI is InChI=1S/C14H21N3O3/c1-11-6-12(16-14(8-18)9-20-10-14)15-13(7-11)17-2-4-19-5-3-17/h6-7,18H,2-5,8-10H2,1H3,(H,15,16). The van der Waals surface area contributed by atoms with Gasteiger partial charge < -0.3 is 24.8 Å². The molecule has 2 N–H and O–H groups in total. The molecule has 6 nitrogen and oxygen atoms in total. The van der Waals surface area contributed by atoms with E-state index in [2.05, 4.69) is 28.2 Å². The first kappa shape index (κ1) is 13.6. The van der Waals surface area contributed by atoms with Gasteiger partial charge in [-0.1, -0.05) is 0 Å². The van der Waals surface area contributed by atoms with E-state index in [9.17, 15) is 5.11 Å². The summed E-state index contributed by atoms with van der Waals surface area (Å²) in [7, 11) is 0. The molecule has 20 heavy (non-hydrogen) atoms. The van der Waals surface area contributed by atoms with Crippen molar-refractivity contribution in [3.63, 3.8) is 0 Å². The van der Waals surface area contributed by atoms with Crippen molar-refractivity contribution in [2.75, 3.05) is 56.3 Å². The molecule has 1 aromatic rings. The minimum absolute atomic E-state index is 0.0511. The van der Waals surface area contributed by atoms with Crippen LogP contribution < -0.4 is 10.2 Å². The maximum absolute atomic E-state index is 9.49. The molecule has 0 aliphatic carbocycles. The minimum atomic E-state index is -0.372. The number of aryl methyl sites for hydroxylation is 1. The summed E-state index contributed by atoms with van der Waals surface area (Å²) in [6.45, 7) is 6.36. The van der Waals surface area contributed by atoms with Crippen LogP contribution in [0.4, 0.5) is 11.6 Å². The summed E-state index contributed by atoms with van der Waals surface area (Å²) in [5.74, 6) is 1.76. The third-order valence-corrected chi connectivity index (χ3v) is 3.74. The van der Waals surface area contributed by atoms with Crippen molar-refractivity contribution in [1.82, 2.24) is 4.98 Å². The van der Waals surface area contributed by atoms with Gasteiger partial charge in [0.25, 0.3) is 0 Å². The van der Waals surface area contributed by atoms with Crippen molar-refractivity contribution in [2.45, 2.75) is 12.5 Å². The Morgan fingerprint density at radius 1 is 1.30 bits per heavy atom. The van der Waals surface area contributed by atoms with Gasteiger partial charge >= 0.3 is 0 Å². The number of hydrogen-bond donors (Lipinski definition) is 2. The van der Waals surface area contributed by atoms with Crippen molar-refractivity contribution >= 4 is 11.6 Å². The number of aliphatic hydroxyl groups is 1. The number of hydrogen-bond acceptors (Lipinski definition) is 6. The predicted octanol–water partition coefficient (Wildman–Crippen LogP) is 0.400. The van der Waals surface area contributed by atoms with Gasteiger partial charge in [0.15, 0.2) is 0 Å². The number of nitrogens with zero attached hydrogens (tertiary/aromatic N) is 2. The lowest BCUT2D eigenvalue weighted by Crippen LogP contribution is -2.58. The molecule has 2 aliphatic heterocycles. The molecule has 2 saturated heterocycles. The van der Waals surface area contributed by atoms with E-state index in [0.717, 1.165) is 43.5 Å². The lowest BCUT2D eigenvalue weighted by molar-refractivity contribution is -0.0651. The summed E-state index contributed by atoms with van der Waals surface area (Å²) in [5.41, 5.74) is 0.778. The molecular formula is C14H21N3O3. The SMILES string of the molecule is Cc1cc(NC2(CO)COC2)nc(N2CCOCC2)c1. The second-order valence-electron chi connectivity index (χ2n) is 5.54. The van der Waals surface area contributed by atoms with E-state index in [1.165, 1.54) is 0 Å². The Kier molecular flexibility index (Phi) is 3.78. The van der Waals surface area contributed by atoms with E-state index < -0.39 is 0 Å². The van der Waals surface area contributed by atoms with Crippen LogP contribution in [0.3, 0.4) is 0 Å². The highest BCUT2D eigenvalue weighted by Gasteiger charge is 2.38. The zero-order chi connectivity index (χ0) is 14.0. The van der Waals surface area contributed by atoms with E-state index >= 15 is 0 Å². The Bertz CT molecular complexity index is 465. The van der Waals surface area contributed by atoms with Gasteiger partial charge in [-0.2, -0.15) is 0 Å². The van der Waals surface area contributed by atoms with Crippen LogP contribution in [0.1, 0.15) is 5.56 Å². The molecule has 0 spiro atoms. The molecule has 1 aromatic heterocycles. The van der Waals surface area contributed by atoms with Crippen molar-refractivity contribution < 1.29 is 14.6 Å². The first-order valence-electron chi connectivity index (χ1n) is 6.99. The van der Waals surface area contributed by atoms with Crippen LogP contribution in [0.15, 0.2) is 12.1 Å². The number of rotatable bonds is 4. The lowest BCUT2D eigenvalue weighted by atomic mass is 9.99. The third kappa shape index (κ3) is 2.72. The monoisotopic (exact) mass is 279 g/mol. The maximum atomic E-state index is 9.49. The molecule has 0 radical (unpaired) electrons. The van der Waals surface area contributed by atoms with Gasteiger partial charge in [-0.05, 0) is 24.6 Å². The predicted molar refractivity (Wildman–Crippen MR) is 76.3 cm³/mol. The topological polar surface area (TPSA) is 66.8 Å². The van der Waals surface area contributed by atoms with E-state index in [1.807, 2.05) is 6.07 Å². The number of anilines is 2. The number of nitrogens with one attached hydrogen (secondary N) is 1. The average molecular weight is 279 g/mol. The minimum Gasteiger partial charge on any atom is -0.394 e. The van der Waals surface area contributed by atoms with Crippen LogP contribution in [0, 0.1) is 6.92 Å². The summed E-state index contributed by atoms with van der Waals surface area (Å²) in [5, 5.41) is 12.8. The Balaban J connectivity index is 1.79. The molecule has 3 rings (SSSR count). The molecule has 2 aliphatic rings. The highest BCUT2D eigenvalue weighted by atomic mass is 16.5. The normalized spacial score (nSPS) is 21.4. The molecule has 0 aromatic carbocycles. The molecule has 0 unspecified atom stereocenters. The summed E-state index contributed by atoms with van der Waals surface area (Å²) >= 11 is 0. The molecule has 3 heterocycles. The third-order valence-electron chi connectivity index (χ3n) is 3.74. The maximum Gasteiger partial charge on any atom is 0.131 e. The molecule has 2 fully saturated rings. The Morgan fingerprint density at radius 3 is 2.65 bits per heavy atom. The van der Waals surface area contributed by atoms with Gasteiger partial charge in [0.2, 0.25) is 0 Å². The van der Waals surface area contributed by atoms with Gasteiger partial charge in [-0.3, -0.25) is 0 Å². The van der Waals surface area contributed by atoms with Crippen LogP contribution in [0.5, 0.6) is 0 Å². The lowest BCUT2D eigenvalue weighted by Gasteiger charge is -2.41. The average Bonchev–Trinajstić information content (AvgIpc) is 2.43. The van der Waals surface area contributed by atoms with Crippen LogP contribution in [-0.2, 0) is 9.47 Å². The first-order chi connectivity index (χ1) is 9.71. The summed E-state index contributed by atoms with van der Waals surface area (Å²) in [6, 6.07) is 4.08. The number of pyridine rings is 1. The Hall–Kier alpha value is -1.37. The molecule has 0 bridgehead atoms. The number of morpholine rings is 1. The fourth-order valence-corrected chi connectivity index (χ4v) is 2.49. The molecule has 6 heteroatoms. The van der Waals surface area contributed by atoms with E-state index in [0.29, 0.717) is 13.2 Å². The fourth-order valence-electron chi connectivity index (χ4n) is 2.49. The van der Waals surface area contributed by atoms with Gasteiger partial charge in [0, 0.05) is 13.1 Å². The summed E-state index contributed by atoms with van der Waals surface area (Å²) in [4.78, 5) is 6.89. The van der Waals surface area contributed by atoms with Crippen LogP contribution in [0.2, 0.25) is 0 Å². The quantitative estimate of drug-likeness (QED) is 0.831. The van der Waals surface area contributed by atoms with E-state index in [4.69, 9.17) is 9.47 Å². The summed E-state index contributed by atoms with van der Waals surface area (Å²) in [6.07, 6.45) is 0. The first-order valence-corrected chi connectivity index (χ1v) is 6.99. The van der Waals surface area contributed by atoms with Crippen molar-refractivity contribution in [1.29, 1.82) is 0 Å². The number of aliphatic hydroxyl groups excluding tert-OH is 1. The summed E-state index contributed by atoms with van der Waals surface area (Å²) < 4.78 is 10.6. The molecule has 0 amide bonds. The second-order valence-corrected chi connectivity index (χ2v) is 5.54. The van der Waals surface area contributed by atoms with Crippen LogP contribution >= 0.6 is 0 Å². The zero-order valence-electron chi connectivity index (χ0n) is 11.8. The van der Waals surface area contributed by atoms with Crippen LogP contribution in [-0.4, -0.2) is 61.8 Å². The van der Waals surface area contributed by atoms with Gasteiger partial charge in [0.1, 0.15) is 17.2 Å². The second kappa shape index (κ2) is 5.55.